The fourth-order valence-electron chi connectivity index (χ4n) is 1.64. The van der Waals surface area contributed by atoms with Crippen LogP contribution in [0.25, 0.3) is 0 Å². The minimum Gasteiger partial charge on any atom is -0.491 e. The van der Waals surface area contributed by atoms with Crippen LogP contribution in [-0.2, 0) is 6.42 Å². The van der Waals surface area contributed by atoms with E-state index >= 15 is 0 Å². The van der Waals surface area contributed by atoms with E-state index in [1.165, 1.54) is 12.0 Å². The lowest BCUT2D eigenvalue weighted by atomic mass is 10.1. The van der Waals surface area contributed by atoms with Gasteiger partial charge in [-0.1, -0.05) is 12.1 Å². The van der Waals surface area contributed by atoms with Gasteiger partial charge < -0.3 is 9.64 Å². The van der Waals surface area contributed by atoms with Gasteiger partial charge in [0.15, 0.2) is 0 Å². The molecule has 0 saturated carbocycles. The van der Waals surface area contributed by atoms with Crippen molar-refractivity contribution in [2.45, 2.75) is 45.8 Å². The summed E-state index contributed by atoms with van der Waals surface area (Å²) in [5.41, 5.74) is 1.38. The Bertz CT molecular complexity index is 316. The average molecular weight is 235 g/mol. The molecule has 0 N–H and O–H groups in total. The first-order valence-corrected chi connectivity index (χ1v) is 6.41. The van der Waals surface area contributed by atoms with Crippen molar-refractivity contribution in [1.82, 2.24) is 4.90 Å². The summed E-state index contributed by atoms with van der Waals surface area (Å²) in [5.74, 6) is 0.962. The van der Waals surface area contributed by atoms with Gasteiger partial charge in [-0.05, 0) is 65.4 Å². The molecule has 0 aliphatic rings. The highest BCUT2D eigenvalue weighted by atomic mass is 16.5. The minimum atomic E-state index is 0.245. The van der Waals surface area contributed by atoms with Gasteiger partial charge in [0.25, 0.3) is 0 Å². The monoisotopic (exact) mass is 235 g/mol. The topological polar surface area (TPSA) is 12.5 Å². The van der Waals surface area contributed by atoms with E-state index in [1.807, 2.05) is 13.8 Å². The third kappa shape index (κ3) is 5.22. The number of rotatable bonds is 6. The van der Waals surface area contributed by atoms with Crippen LogP contribution >= 0.6 is 0 Å². The molecule has 0 saturated heterocycles. The van der Waals surface area contributed by atoms with Gasteiger partial charge in [0, 0.05) is 6.04 Å². The molecule has 0 spiro atoms. The lowest BCUT2D eigenvalue weighted by Crippen LogP contribution is -2.24. The molecule has 0 fully saturated rings. The summed E-state index contributed by atoms with van der Waals surface area (Å²) >= 11 is 0. The number of ether oxygens (including phenoxy) is 1. The van der Waals surface area contributed by atoms with Crippen LogP contribution in [0.2, 0.25) is 0 Å². The van der Waals surface area contributed by atoms with E-state index in [0.717, 1.165) is 12.2 Å². The number of aryl methyl sites for hydroxylation is 1. The molecule has 1 unspecified atom stereocenters. The molecule has 0 aliphatic heterocycles. The van der Waals surface area contributed by atoms with Crippen molar-refractivity contribution < 1.29 is 4.74 Å². The number of nitrogens with zero attached hydrogens (tertiary/aromatic N) is 1. The molecular weight excluding hydrogens is 210 g/mol. The van der Waals surface area contributed by atoms with Crippen LogP contribution in [0, 0.1) is 0 Å². The molecule has 1 rings (SSSR count). The molecule has 0 amide bonds. The highest BCUT2D eigenvalue weighted by Gasteiger charge is 2.05. The molecule has 0 heterocycles. The number of hydrogen-bond acceptors (Lipinski definition) is 2. The Morgan fingerprint density at radius 1 is 1.06 bits per heavy atom. The first-order valence-electron chi connectivity index (χ1n) is 6.41. The maximum atomic E-state index is 5.62. The fourth-order valence-corrected chi connectivity index (χ4v) is 1.64. The van der Waals surface area contributed by atoms with E-state index in [9.17, 15) is 0 Å². The zero-order chi connectivity index (χ0) is 12.8. The molecule has 1 atom stereocenters. The van der Waals surface area contributed by atoms with Crippen LogP contribution < -0.4 is 4.74 Å². The average Bonchev–Trinajstić information content (AvgIpc) is 2.26. The molecule has 2 nitrogen and oxygen atoms in total. The van der Waals surface area contributed by atoms with Gasteiger partial charge in [-0.25, -0.2) is 0 Å². The molecule has 96 valence electrons. The first-order chi connectivity index (χ1) is 7.99. The van der Waals surface area contributed by atoms with Crippen LogP contribution in [0.4, 0.5) is 0 Å². The summed E-state index contributed by atoms with van der Waals surface area (Å²) in [7, 11) is 4.26. The van der Waals surface area contributed by atoms with Crippen molar-refractivity contribution in [2.24, 2.45) is 0 Å². The van der Waals surface area contributed by atoms with Crippen LogP contribution in [0.1, 0.15) is 32.8 Å². The van der Waals surface area contributed by atoms with E-state index in [4.69, 9.17) is 4.74 Å². The van der Waals surface area contributed by atoms with Crippen LogP contribution in [0.15, 0.2) is 24.3 Å². The van der Waals surface area contributed by atoms with Gasteiger partial charge in [-0.2, -0.15) is 0 Å². The van der Waals surface area contributed by atoms with Gasteiger partial charge in [-0.15, -0.1) is 0 Å². The number of hydrogen-bond donors (Lipinski definition) is 0. The van der Waals surface area contributed by atoms with Crippen molar-refractivity contribution in [3.8, 4) is 5.75 Å². The molecule has 0 aromatic heterocycles. The summed E-state index contributed by atoms with van der Waals surface area (Å²) in [4.78, 5) is 2.26. The lowest BCUT2D eigenvalue weighted by Gasteiger charge is -2.19. The summed E-state index contributed by atoms with van der Waals surface area (Å²) in [6.45, 7) is 6.36. The predicted octanol–water partition coefficient (Wildman–Crippen LogP) is 3.36. The standard InChI is InChI=1S/C15H25NO/c1-12(2)17-15-10-8-14(9-11-15)7-6-13(3)16(4)5/h8-13H,6-7H2,1-5H3. The van der Waals surface area contributed by atoms with E-state index in [0.29, 0.717) is 6.04 Å². The summed E-state index contributed by atoms with van der Waals surface area (Å²) in [6.07, 6.45) is 2.56. The van der Waals surface area contributed by atoms with Crippen LogP contribution in [0.5, 0.6) is 5.75 Å². The molecule has 0 radical (unpaired) electrons. The van der Waals surface area contributed by atoms with Crippen molar-refractivity contribution in [3.63, 3.8) is 0 Å². The van der Waals surface area contributed by atoms with Crippen LogP contribution in [-0.4, -0.2) is 31.1 Å². The molecule has 0 bridgehead atoms. The Morgan fingerprint density at radius 3 is 2.12 bits per heavy atom. The third-order valence-corrected chi connectivity index (χ3v) is 3.03. The first kappa shape index (κ1) is 14.0. The second-order valence-electron chi connectivity index (χ2n) is 5.16. The van der Waals surface area contributed by atoms with Crippen molar-refractivity contribution in [3.05, 3.63) is 29.8 Å². The normalized spacial score (nSPS) is 13.1. The Hall–Kier alpha value is -1.02. The molecule has 1 aromatic carbocycles. The third-order valence-electron chi connectivity index (χ3n) is 3.03. The quantitative estimate of drug-likeness (QED) is 0.749. The van der Waals surface area contributed by atoms with E-state index < -0.39 is 0 Å². The zero-order valence-electron chi connectivity index (χ0n) is 11.7. The summed E-state index contributed by atoms with van der Waals surface area (Å²) in [6, 6.07) is 9.09. The van der Waals surface area contributed by atoms with Crippen molar-refractivity contribution >= 4 is 0 Å². The van der Waals surface area contributed by atoms with Gasteiger partial charge in [0.05, 0.1) is 6.10 Å². The maximum Gasteiger partial charge on any atom is 0.119 e. The smallest absolute Gasteiger partial charge is 0.119 e. The van der Waals surface area contributed by atoms with E-state index in [2.05, 4.69) is 50.2 Å². The van der Waals surface area contributed by atoms with Gasteiger partial charge in [-0.3, -0.25) is 0 Å². The highest BCUT2D eigenvalue weighted by molar-refractivity contribution is 5.27. The lowest BCUT2D eigenvalue weighted by molar-refractivity contribution is 0.242. The molecule has 0 aliphatic carbocycles. The highest BCUT2D eigenvalue weighted by Crippen LogP contribution is 2.15. The molecule has 2 heteroatoms. The Morgan fingerprint density at radius 2 is 1.65 bits per heavy atom. The summed E-state index contributed by atoms with van der Waals surface area (Å²) < 4.78 is 5.62. The predicted molar refractivity (Wildman–Crippen MR) is 73.7 cm³/mol. The van der Waals surface area contributed by atoms with Crippen molar-refractivity contribution in [2.75, 3.05) is 14.1 Å². The second kappa shape index (κ2) is 6.65. The second-order valence-corrected chi connectivity index (χ2v) is 5.16. The Kier molecular flexibility index (Phi) is 5.49. The minimum absolute atomic E-state index is 0.245. The molecular formula is C15H25NO. The Balaban J connectivity index is 2.45. The van der Waals surface area contributed by atoms with E-state index in [1.54, 1.807) is 0 Å². The Labute approximate surface area is 106 Å². The van der Waals surface area contributed by atoms with Crippen LogP contribution in [0.3, 0.4) is 0 Å². The zero-order valence-corrected chi connectivity index (χ0v) is 11.7. The van der Waals surface area contributed by atoms with Gasteiger partial charge in [0.2, 0.25) is 0 Å². The maximum absolute atomic E-state index is 5.62. The molecule has 17 heavy (non-hydrogen) atoms. The van der Waals surface area contributed by atoms with Gasteiger partial charge >= 0.3 is 0 Å². The van der Waals surface area contributed by atoms with Crippen molar-refractivity contribution in [1.29, 1.82) is 0 Å². The molecule has 1 aromatic rings. The summed E-state index contributed by atoms with van der Waals surface area (Å²) in [5, 5.41) is 0. The number of benzene rings is 1. The fraction of sp³-hybridized carbons (Fsp3) is 0.600. The van der Waals surface area contributed by atoms with E-state index in [-0.39, 0.29) is 6.10 Å². The SMILES string of the molecule is CC(C)Oc1ccc(CCC(C)N(C)C)cc1. The van der Waals surface area contributed by atoms with Gasteiger partial charge in [0.1, 0.15) is 5.75 Å². The largest absolute Gasteiger partial charge is 0.491 e.